The van der Waals surface area contributed by atoms with Crippen molar-refractivity contribution in [3.63, 3.8) is 0 Å². The van der Waals surface area contributed by atoms with Crippen LogP contribution < -0.4 is 5.32 Å². The first-order valence-corrected chi connectivity index (χ1v) is 26.9. The molecule has 0 aliphatic rings. The molecule has 0 saturated carbocycles. The second-order valence-corrected chi connectivity index (χ2v) is 20.0. The molecule has 0 fully saturated rings. The Balaban J connectivity index is 4.37. The minimum absolute atomic E-state index is 0.0562. The maximum absolute atomic E-state index is 12.9. The fourth-order valence-corrected chi connectivity index (χ4v) is 8.02. The van der Waals surface area contributed by atoms with Gasteiger partial charge in [0.2, 0.25) is 5.91 Å². The SMILES string of the molecule is CCCCCCCC/C=C\CCCCCCCCCCCC(=O)NC(COP(=O)(O)OCC[N+](C)(C)C)C(O)/C=C/CC/C=C/CCCCCCCCCCCCCCC. The van der Waals surface area contributed by atoms with Crippen LogP contribution in [0.5, 0.6) is 0 Å². The Morgan fingerprint density at radius 2 is 0.917 bits per heavy atom. The lowest BCUT2D eigenvalue weighted by molar-refractivity contribution is -0.870. The molecule has 0 radical (unpaired) electrons. The molecule has 0 aliphatic heterocycles. The lowest BCUT2D eigenvalue weighted by atomic mass is 10.0. The number of aliphatic hydroxyl groups excluding tert-OH is 1. The van der Waals surface area contributed by atoms with Crippen LogP contribution in [0.3, 0.4) is 0 Å². The van der Waals surface area contributed by atoms with E-state index in [9.17, 15) is 19.4 Å². The topological polar surface area (TPSA) is 105 Å². The lowest BCUT2D eigenvalue weighted by Gasteiger charge is -2.25. The summed E-state index contributed by atoms with van der Waals surface area (Å²) in [6, 6.07) is -0.863. The number of phosphoric acid groups is 1. The van der Waals surface area contributed by atoms with Crippen molar-refractivity contribution in [3.8, 4) is 0 Å². The first-order chi connectivity index (χ1) is 29.0. The Kier molecular flexibility index (Phi) is 42.1. The molecule has 0 spiro atoms. The van der Waals surface area contributed by atoms with E-state index in [1.165, 1.54) is 173 Å². The van der Waals surface area contributed by atoms with Gasteiger partial charge in [-0.3, -0.25) is 13.8 Å². The molecule has 0 aromatic rings. The molecule has 0 aliphatic carbocycles. The minimum atomic E-state index is -4.35. The van der Waals surface area contributed by atoms with Crippen LogP contribution in [0.1, 0.15) is 232 Å². The van der Waals surface area contributed by atoms with Crippen LogP contribution in [0.4, 0.5) is 0 Å². The van der Waals surface area contributed by atoms with Crippen LogP contribution in [0, 0.1) is 0 Å². The lowest BCUT2D eigenvalue weighted by Crippen LogP contribution is -2.45. The monoisotopic (exact) mass is 868 g/mol. The molecule has 60 heavy (non-hydrogen) atoms. The number of allylic oxidation sites excluding steroid dienone is 5. The highest BCUT2D eigenvalue weighted by Gasteiger charge is 2.27. The highest BCUT2D eigenvalue weighted by atomic mass is 31.2. The average Bonchev–Trinajstić information content (AvgIpc) is 3.20. The maximum Gasteiger partial charge on any atom is 0.472 e. The number of aliphatic hydroxyl groups is 1. The Morgan fingerprint density at radius 1 is 0.550 bits per heavy atom. The number of nitrogens with one attached hydrogen (secondary N) is 1. The molecule has 8 nitrogen and oxygen atoms in total. The quantitative estimate of drug-likeness (QED) is 0.0244. The number of carbonyl (C=O) groups excluding carboxylic acids is 1. The van der Waals surface area contributed by atoms with Gasteiger partial charge < -0.3 is 19.8 Å². The smallest absolute Gasteiger partial charge is 0.387 e. The third-order valence-corrected chi connectivity index (χ3v) is 12.3. The normalized spacial score (nSPS) is 14.4. The Hall–Kier alpha value is -1.28. The van der Waals surface area contributed by atoms with E-state index in [4.69, 9.17) is 9.05 Å². The van der Waals surface area contributed by atoms with Crippen molar-refractivity contribution in [2.45, 2.75) is 244 Å². The van der Waals surface area contributed by atoms with Gasteiger partial charge in [-0.1, -0.05) is 204 Å². The molecular formula is C51H100N2O6P+. The maximum atomic E-state index is 12.9. The molecular weight excluding hydrogens is 768 g/mol. The van der Waals surface area contributed by atoms with Gasteiger partial charge in [-0.05, 0) is 57.8 Å². The predicted molar refractivity (Wildman–Crippen MR) is 258 cm³/mol. The van der Waals surface area contributed by atoms with Crippen molar-refractivity contribution in [1.82, 2.24) is 5.32 Å². The molecule has 0 rings (SSSR count). The number of hydrogen-bond acceptors (Lipinski definition) is 5. The first-order valence-electron chi connectivity index (χ1n) is 25.4. The van der Waals surface area contributed by atoms with Gasteiger partial charge in [0.15, 0.2) is 0 Å². The second kappa shape index (κ2) is 43.0. The van der Waals surface area contributed by atoms with Gasteiger partial charge in [-0.2, -0.15) is 0 Å². The standard InChI is InChI=1S/C51H99N2O6P/c1-6-8-10-12-14-16-18-20-22-24-26-28-30-32-34-36-38-40-42-44-50(54)49(48-59-60(56,57)58-47-46-53(3,4)5)52-51(55)45-43-41-39-37-35-33-31-29-27-25-23-21-19-17-15-13-11-9-7-2/h21,23,34,36,42,44,49-50,54H,6-20,22,24-33,35,37-41,43,45-48H2,1-5H3,(H-,52,55,56,57)/p+1/b23-21-,36-34+,44-42+. The van der Waals surface area contributed by atoms with Crippen molar-refractivity contribution >= 4 is 13.7 Å². The van der Waals surface area contributed by atoms with Crippen molar-refractivity contribution in [2.75, 3.05) is 40.9 Å². The highest BCUT2D eigenvalue weighted by Crippen LogP contribution is 2.43. The number of carbonyl (C=O) groups is 1. The summed E-state index contributed by atoms with van der Waals surface area (Å²) in [6.07, 6.45) is 53.7. The van der Waals surface area contributed by atoms with Crippen LogP contribution in [-0.2, 0) is 18.4 Å². The molecule has 1 amide bonds. The minimum Gasteiger partial charge on any atom is -0.387 e. The summed E-state index contributed by atoms with van der Waals surface area (Å²) in [5.41, 5.74) is 0. The Labute approximate surface area is 372 Å². The second-order valence-electron chi connectivity index (χ2n) is 18.5. The number of rotatable bonds is 46. The first kappa shape index (κ1) is 58.7. The summed E-state index contributed by atoms with van der Waals surface area (Å²) in [7, 11) is 1.56. The Morgan fingerprint density at radius 3 is 1.33 bits per heavy atom. The third kappa shape index (κ3) is 44.8. The van der Waals surface area contributed by atoms with E-state index in [-0.39, 0.29) is 19.1 Å². The molecule has 0 heterocycles. The highest BCUT2D eigenvalue weighted by molar-refractivity contribution is 7.47. The summed E-state index contributed by atoms with van der Waals surface area (Å²) in [5.74, 6) is -0.188. The van der Waals surface area contributed by atoms with Crippen LogP contribution in [-0.4, -0.2) is 73.4 Å². The Bertz CT molecular complexity index is 1070. The third-order valence-electron chi connectivity index (χ3n) is 11.3. The molecule has 0 bridgehead atoms. The van der Waals surface area contributed by atoms with Crippen LogP contribution >= 0.6 is 7.82 Å². The van der Waals surface area contributed by atoms with E-state index >= 15 is 0 Å². The molecule has 0 aromatic heterocycles. The van der Waals surface area contributed by atoms with E-state index in [2.05, 4.69) is 43.5 Å². The molecule has 3 atom stereocenters. The number of hydrogen-bond donors (Lipinski definition) is 3. The number of phosphoric ester groups is 1. The van der Waals surface area contributed by atoms with Gasteiger partial charge in [-0.25, -0.2) is 4.57 Å². The van der Waals surface area contributed by atoms with Crippen molar-refractivity contribution in [1.29, 1.82) is 0 Å². The number of unbranched alkanes of at least 4 members (excludes halogenated alkanes) is 29. The van der Waals surface area contributed by atoms with Gasteiger partial charge in [0.1, 0.15) is 13.2 Å². The molecule has 0 aromatic carbocycles. The zero-order chi connectivity index (χ0) is 44.3. The van der Waals surface area contributed by atoms with E-state index < -0.39 is 20.0 Å². The number of quaternary nitrogens is 1. The molecule has 9 heteroatoms. The van der Waals surface area contributed by atoms with Gasteiger partial charge in [0.05, 0.1) is 39.9 Å². The van der Waals surface area contributed by atoms with Crippen LogP contribution in [0.15, 0.2) is 36.5 Å². The van der Waals surface area contributed by atoms with E-state index in [0.717, 1.165) is 38.5 Å². The zero-order valence-electron chi connectivity index (χ0n) is 40.2. The van der Waals surface area contributed by atoms with Gasteiger partial charge in [-0.15, -0.1) is 0 Å². The van der Waals surface area contributed by atoms with Gasteiger partial charge in [0.25, 0.3) is 0 Å². The summed E-state index contributed by atoms with van der Waals surface area (Å²) >= 11 is 0. The molecule has 3 N–H and O–H groups in total. The van der Waals surface area contributed by atoms with Crippen LogP contribution in [0.2, 0.25) is 0 Å². The van der Waals surface area contributed by atoms with Gasteiger partial charge in [0, 0.05) is 6.42 Å². The van der Waals surface area contributed by atoms with Gasteiger partial charge >= 0.3 is 7.82 Å². The summed E-state index contributed by atoms with van der Waals surface area (Å²) < 4.78 is 23.6. The fraction of sp³-hybridized carbons (Fsp3) is 0.863. The van der Waals surface area contributed by atoms with Crippen molar-refractivity contribution in [2.24, 2.45) is 0 Å². The molecule has 3 unspecified atom stereocenters. The number of likely N-dealkylation sites (N-methyl/N-ethyl adjacent to an activating group) is 1. The fourth-order valence-electron chi connectivity index (χ4n) is 7.29. The number of amides is 1. The van der Waals surface area contributed by atoms with E-state index in [0.29, 0.717) is 17.4 Å². The largest absolute Gasteiger partial charge is 0.472 e. The zero-order valence-corrected chi connectivity index (χ0v) is 41.1. The summed E-state index contributed by atoms with van der Waals surface area (Å²) in [5, 5.41) is 13.9. The van der Waals surface area contributed by atoms with Crippen molar-refractivity contribution < 1.29 is 32.9 Å². The van der Waals surface area contributed by atoms with Crippen LogP contribution in [0.25, 0.3) is 0 Å². The van der Waals surface area contributed by atoms with E-state index in [1.807, 2.05) is 27.2 Å². The average molecular weight is 868 g/mol. The predicted octanol–water partition coefficient (Wildman–Crippen LogP) is 14.6. The summed E-state index contributed by atoms with van der Waals surface area (Å²) in [6.45, 7) is 4.80. The molecule has 0 saturated heterocycles. The summed E-state index contributed by atoms with van der Waals surface area (Å²) in [4.78, 5) is 23.2. The molecule has 354 valence electrons. The van der Waals surface area contributed by atoms with Crippen molar-refractivity contribution in [3.05, 3.63) is 36.5 Å². The van der Waals surface area contributed by atoms with E-state index in [1.54, 1.807) is 6.08 Å². The number of nitrogens with zero attached hydrogens (tertiary/aromatic N) is 1.